The van der Waals surface area contributed by atoms with Crippen molar-refractivity contribution in [2.45, 2.75) is 58.6 Å². The molecule has 222 valence electrons. The van der Waals surface area contributed by atoms with Crippen LogP contribution in [-0.4, -0.2) is 80.0 Å². The van der Waals surface area contributed by atoms with Gasteiger partial charge in [0, 0.05) is 44.1 Å². The zero-order valence-corrected chi connectivity index (χ0v) is 21.6. The van der Waals surface area contributed by atoms with Crippen molar-refractivity contribution in [3.8, 4) is 0 Å². The molecule has 2 N–H and O–H groups in total. The number of aryl methyl sites for hydroxylation is 2. The molecule has 0 bridgehead atoms. The number of carbonyl (C=O) groups excluding carboxylic acids is 1. The van der Waals surface area contributed by atoms with Gasteiger partial charge < -0.3 is 19.6 Å². The summed E-state index contributed by atoms with van der Waals surface area (Å²) in [7, 11) is 0. The van der Waals surface area contributed by atoms with Crippen LogP contribution in [0.15, 0.2) is 29.0 Å². The molecular weight excluding hydrogens is 554 g/mol. The molecule has 0 saturated carbocycles. The molecule has 0 radical (unpaired) electrons. The summed E-state index contributed by atoms with van der Waals surface area (Å²) >= 11 is 0. The second-order valence-corrected chi connectivity index (χ2v) is 9.34. The predicted octanol–water partition coefficient (Wildman–Crippen LogP) is 3.97. The van der Waals surface area contributed by atoms with Gasteiger partial charge in [-0.25, -0.2) is 9.59 Å². The number of hydrogen-bond acceptors (Lipinski definition) is 7. The van der Waals surface area contributed by atoms with Gasteiger partial charge >= 0.3 is 24.3 Å². The van der Waals surface area contributed by atoms with Gasteiger partial charge in [0.25, 0.3) is 0 Å². The molecule has 1 atom stereocenters. The first-order chi connectivity index (χ1) is 18.5. The summed E-state index contributed by atoms with van der Waals surface area (Å²) in [5, 5.41) is 18.3. The molecule has 0 aliphatic carbocycles. The molecule has 40 heavy (non-hydrogen) atoms. The number of carboxylic acid groups (broad SMARTS) is 2. The normalized spacial score (nSPS) is 19.5. The van der Waals surface area contributed by atoms with E-state index in [0.717, 1.165) is 62.5 Å². The first-order valence-corrected chi connectivity index (χ1v) is 11.9. The fourth-order valence-corrected chi connectivity index (χ4v) is 4.45. The van der Waals surface area contributed by atoms with E-state index in [1.54, 1.807) is 6.20 Å². The number of hydrogen-bond donors (Lipinski definition) is 2. The highest BCUT2D eigenvalue weighted by Crippen LogP contribution is 2.41. The lowest BCUT2D eigenvalue weighted by Gasteiger charge is -2.39. The Bertz CT molecular complexity index is 1130. The van der Waals surface area contributed by atoms with E-state index in [1.165, 1.54) is 5.56 Å². The molecule has 2 aliphatic heterocycles. The van der Waals surface area contributed by atoms with Gasteiger partial charge in [-0.15, -0.1) is 0 Å². The second-order valence-electron chi connectivity index (χ2n) is 9.34. The van der Waals surface area contributed by atoms with Gasteiger partial charge in [0.05, 0.1) is 11.1 Å². The Hall–Kier alpha value is -3.69. The topological polar surface area (TPSA) is 137 Å². The standard InChI is InChI=1S/C20H26N4O2.2C2HF3O2/c1-15-18(16(2)26-22-15)13-23-9-4-6-20(14-23)7-10-24(19(20)25)12-17-5-3-8-21-11-17;2*3-2(4,5)1(6)7/h3,5,8,11H,4,6-7,9-10,12-14H2,1-2H3;2*(H,6,7). The van der Waals surface area contributed by atoms with Crippen LogP contribution in [0.4, 0.5) is 26.3 Å². The minimum atomic E-state index is -5.08. The summed E-state index contributed by atoms with van der Waals surface area (Å²) < 4.78 is 68.8. The van der Waals surface area contributed by atoms with Crippen molar-refractivity contribution < 1.29 is 55.5 Å². The zero-order valence-electron chi connectivity index (χ0n) is 21.6. The van der Waals surface area contributed by atoms with Crippen molar-refractivity contribution in [3.63, 3.8) is 0 Å². The van der Waals surface area contributed by atoms with Gasteiger partial charge in [0.2, 0.25) is 5.91 Å². The van der Waals surface area contributed by atoms with E-state index in [1.807, 2.05) is 37.1 Å². The number of likely N-dealkylation sites (tertiary alicyclic amines) is 2. The van der Waals surface area contributed by atoms with Crippen molar-refractivity contribution in [2.75, 3.05) is 19.6 Å². The summed E-state index contributed by atoms with van der Waals surface area (Å²) in [6.07, 6.45) is -3.54. The molecule has 4 heterocycles. The number of alkyl halides is 6. The number of piperidine rings is 1. The third-order valence-corrected chi connectivity index (χ3v) is 6.40. The maximum absolute atomic E-state index is 13.2. The minimum absolute atomic E-state index is 0.223. The largest absolute Gasteiger partial charge is 0.490 e. The molecule has 2 fully saturated rings. The number of halogens is 6. The number of aliphatic carboxylic acids is 2. The highest BCUT2D eigenvalue weighted by atomic mass is 19.4. The van der Waals surface area contributed by atoms with Crippen molar-refractivity contribution in [2.24, 2.45) is 5.41 Å². The van der Waals surface area contributed by atoms with E-state index in [2.05, 4.69) is 15.0 Å². The third kappa shape index (κ3) is 8.93. The van der Waals surface area contributed by atoms with Gasteiger partial charge in [0.15, 0.2) is 0 Å². The third-order valence-electron chi connectivity index (χ3n) is 6.40. The summed E-state index contributed by atoms with van der Waals surface area (Å²) in [6.45, 7) is 8.14. The van der Waals surface area contributed by atoms with Crippen LogP contribution in [0.1, 0.15) is 41.8 Å². The Morgan fingerprint density at radius 3 is 2.10 bits per heavy atom. The molecule has 2 aromatic heterocycles. The van der Waals surface area contributed by atoms with Crippen LogP contribution in [0.2, 0.25) is 0 Å². The Morgan fingerprint density at radius 2 is 1.62 bits per heavy atom. The number of carbonyl (C=O) groups is 3. The van der Waals surface area contributed by atoms with Crippen LogP contribution in [0.3, 0.4) is 0 Å². The Kier molecular flexibility index (Phi) is 10.7. The molecule has 1 unspecified atom stereocenters. The lowest BCUT2D eigenvalue weighted by Crippen LogP contribution is -2.47. The van der Waals surface area contributed by atoms with E-state index in [-0.39, 0.29) is 5.41 Å². The van der Waals surface area contributed by atoms with Crippen LogP contribution in [0.25, 0.3) is 0 Å². The Balaban J connectivity index is 0.000000333. The SMILES string of the molecule is Cc1noc(C)c1CN1CCCC2(CCN(Cc3cccnc3)C2=O)C1.O=C(O)C(F)(F)F.O=C(O)C(F)(F)F. The average Bonchev–Trinajstić information content (AvgIpc) is 3.33. The van der Waals surface area contributed by atoms with Crippen molar-refractivity contribution in [1.29, 1.82) is 0 Å². The molecular formula is C24H28F6N4O6. The van der Waals surface area contributed by atoms with E-state index in [4.69, 9.17) is 24.3 Å². The minimum Gasteiger partial charge on any atom is -0.475 e. The number of carboxylic acids is 2. The Morgan fingerprint density at radius 1 is 1.02 bits per heavy atom. The first-order valence-electron chi connectivity index (χ1n) is 11.9. The summed E-state index contributed by atoms with van der Waals surface area (Å²) in [5.74, 6) is -4.32. The molecule has 2 aromatic rings. The number of amides is 1. The lowest BCUT2D eigenvalue weighted by atomic mass is 9.78. The quantitative estimate of drug-likeness (QED) is 0.513. The predicted molar refractivity (Wildman–Crippen MR) is 125 cm³/mol. The smallest absolute Gasteiger partial charge is 0.475 e. The molecule has 2 aliphatic rings. The molecule has 1 spiro atoms. The number of pyridine rings is 1. The summed E-state index contributed by atoms with van der Waals surface area (Å²) in [5.41, 5.74) is 3.00. The maximum atomic E-state index is 13.2. The fourth-order valence-electron chi connectivity index (χ4n) is 4.45. The van der Waals surface area contributed by atoms with Gasteiger partial charge in [-0.05, 0) is 51.3 Å². The number of aromatic nitrogens is 2. The van der Waals surface area contributed by atoms with E-state index >= 15 is 0 Å². The highest BCUT2D eigenvalue weighted by molar-refractivity contribution is 5.85. The van der Waals surface area contributed by atoms with Crippen LogP contribution < -0.4 is 0 Å². The summed E-state index contributed by atoms with van der Waals surface area (Å²) in [4.78, 5) is 39.6. The first kappa shape index (κ1) is 32.5. The van der Waals surface area contributed by atoms with Gasteiger partial charge in [-0.3, -0.25) is 14.7 Å². The van der Waals surface area contributed by atoms with Crippen LogP contribution in [0, 0.1) is 19.3 Å². The van der Waals surface area contributed by atoms with Crippen LogP contribution >= 0.6 is 0 Å². The molecule has 4 rings (SSSR count). The fraction of sp³-hybridized carbons (Fsp3) is 0.542. The molecule has 16 heteroatoms. The zero-order chi connectivity index (χ0) is 30.3. The van der Waals surface area contributed by atoms with Gasteiger partial charge in [0.1, 0.15) is 5.76 Å². The molecule has 2 saturated heterocycles. The van der Waals surface area contributed by atoms with E-state index in [9.17, 15) is 31.1 Å². The maximum Gasteiger partial charge on any atom is 0.490 e. The number of nitrogens with zero attached hydrogens (tertiary/aromatic N) is 4. The summed E-state index contributed by atoms with van der Waals surface area (Å²) in [6, 6.07) is 3.97. The van der Waals surface area contributed by atoms with Crippen molar-refractivity contribution >= 4 is 17.8 Å². The average molecular weight is 582 g/mol. The second kappa shape index (κ2) is 13.1. The van der Waals surface area contributed by atoms with E-state index in [0.29, 0.717) is 12.5 Å². The highest BCUT2D eigenvalue weighted by Gasteiger charge is 2.48. The molecule has 1 amide bonds. The van der Waals surface area contributed by atoms with Crippen LogP contribution in [-0.2, 0) is 27.5 Å². The van der Waals surface area contributed by atoms with Gasteiger partial charge in [-0.2, -0.15) is 26.3 Å². The lowest BCUT2D eigenvalue weighted by molar-refractivity contribution is -0.193. The molecule has 10 nitrogen and oxygen atoms in total. The Labute approximate surface area is 224 Å². The van der Waals surface area contributed by atoms with Crippen molar-refractivity contribution in [3.05, 3.63) is 47.1 Å². The monoisotopic (exact) mass is 582 g/mol. The van der Waals surface area contributed by atoms with Crippen LogP contribution in [0.5, 0.6) is 0 Å². The van der Waals surface area contributed by atoms with Crippen molar-refractivity contribution in [1.82, 2.24) is 19.9 Å². The van der Waals surface area contributed by atoms with E-state index < -0.39 is 24.3 Å². The molecule has 0 aromatic carbocycles. The number of rotatable bonds is 4. The van der Waals surface area contributed by atoms with Gasteiger partial charge in [-0.1, -0.05) is 11.2 Å².